The van der Waals surface area contributed by atoms with Gasteiger partial charge in [0.05, 0.1) is 6.20 Å². The Morgan fingerprint density at radius 2 is 1.82 bits per heavy atom. The van der Waals surface area contributed by atoms with Crippen LogP contribution in [0.3, 0.4) is 0 Å². The first-order valence-corrected chi connectivity index (χ1v) is 13.1. The molecule has 0 spiro atoms. The van der Waals surface area contributed by atoms with E-state index in [1.165, 1.54) is 24.4 Å². The first-order chi connectivity index (χ1) is 16.2. The second-order valence-corrected chi connectivity index (χ2v) is 10.8. The molecule has 2 aliphatic carbocycles. The number of halogens is 2. The van der Waals surface area contributed by atoms with Crippen LogP contribution in [0.15, 0.2) is 40.2 Å². The van der Waals surface area contributed by atoms with Crippen LogP contribution in [0.5, 0.6) is 0 Å². The molecular weight excluding hydrogens is 487 g/mol. The molecule has 0 aliphatic heterocycles. The molecule has 0 radical (unpaired) electrons. The molecular formula is C22H26ClFN4O5S. The van der Waals surface area contributed by atoms with E-state index in [0.717, 1.165) is 12.5 Å². The fourth-order valence-electron chi connectivity index (χ4n) is 4.66. The number of nitrogens with zero attached hydrogens (tertiary/aromatic N) is 1. The van der Waals surface area contributed by atoms with Crippen molar-refractivity contribution < 1.29 is 22.3 Å². The number of H-pyrrole nitrogens is 1. The number of hydrogen-bond donors (Lipinski definition) is 3. The van der Waals surface area contributed by atoms with Crippen LogP contribution in [0.4, 0.5) is 9.18 Å². The first-order valence-electron chi connectivity index (χ1n) is 11.2. The summed E-state index contributed by atoms with van der Waals surface area (Å²) in [4.78, 5) is 23.7. The number of carbonyl (C=O) groups excluding carboxylic acids is 1. The van der Waals surface area contributed by atoms with Crippen LogP contribution in [0.2, 0.25) is 5.02 Å². The van der Waals surface area contributed by atoms with Gasteiger partial charge < -0.3 is 10.1 Å². The third-order valence-electron chi connectivity index (χ3n) is 6.42. The van der Waals surface area contributed by atoms with Crippen LogP contribution in [0.25, 0.3) is 0 Å². The highest BCUT2D eigenvalue weighted by Crippen LogP contribution is 2.37. The molecule has 2 saturated carbocycles. The van der Waals surface area contributed by atoms with Gasteiger partial charge in [-0.05, 0) is 68.6 Å². The Kier molecular flexibility index (Phi) is 7.54. The summed E-state index contributed by atoms with van der Waals surface area (Å²) in [7, 11) is -3.95. The Bertz CT molecular complexity index is 1200. The van der Waals surface area contributed by atoms with Gasteiger partial charge in [-0.15, -0.1) is 0 Å². The molecule has 3 N–H and O–H groups in total. The fourth-order valence-corrected chi connectivity index (χ4v) is 6.29. The summed E-state index contributed by atoms with van der Waals surface area (Å²) >= 11 is 6.08. The second kappa shape index (κ2) is 10.4. The lowest BCUT2D eigenvalue weighted by Crippen LogP contribution is -2.44. The number of ether oxygens (including phenoxy) is 1. The smallest absolute Gasteiger partial charge is 0.407 e. The van der Waals surface area contributed by atoms with E-state index in [2.05, 4.69) is 20.2 Å². The number of aromatic amines is 1. The minimum atomic E-state index is -3.95. The number of benzene rings is 1. The maximum absolute atomic E-state index is 13.9. The van der Waals surface area contributed by atoms with Crippen LogP contribution in [-0.4, -0.2) is 42.9 Å². The van der Waals surface area contributed by atoms with Crippen molar-refractivity contribution in [3.8, 4) is 0 Å². The number of nitrogens with one attached hydrogen (secondary N) is 3. The fraction of sp³-hybridized carbons (Fsp3) is 0.500. The standard InChI is InChI=1S/C22H26ClFN4O5S/c23-20-17(12-25-27-21(20)29)13-5-10-16(11-13)33-22(30)26-14-6-8-15(9-7-14)28-34(31,32)19-4-2-1-3-18(19)24/h1-4,12-16,28H,5-11H2,(H,26,30)(H,27,29)/t13?,14?,15?,16-/m1/s1. The van der Waals surface area contributed by atoms with Gasteiger partial charge in [-0.3, -0.25) is 4.79 Å². The SMILES string of the molecule is O=C(NC1CCC(NS(=O)(=O)c2ccccc2F)CC1)O[C@@H]1CCC(c2cn[nH]c(=O)c2Cl)C1. The average Bonchev–Trinajstić information content (AvgIpc) is 3.25. The molecule has 1 aromatic carbocycles. The van der Waals surface area contributed by atoms with Crippen LogP contribution in [0, 0.1) is 5.82 Å². The summed E-state index contributed by atoms with van der Waals surface area (Å²) in [5.74, 6) is -0.794. The maximum Gasteiger partial charge on any atom is 0.407 e. The first kappa shape index (κ1) is 24.6. The number of sulfonamides is 1. The summed E-state index contributed by atoms with van der Waals surface area (Å²) in [5.41, 5.74) is 0.223. The lowest BCUT2D eigenvalue weighted by Gasteiger charge is -2.29. The van der Waals surface area contributed by atoms with E-state index in [1.54, 1.807) is 0 Å². The normalized spacial score (nSPS) is 25.1. The Hall–Kier alpha value is -2.50. The van der Waals surface area contributed by atoms with Crippen LogP contribution in [0.1, 0.15) is 56.4 Å². The number of aromatic nitrogens is 2. The van der Waals surface area contributed by atoms with E-state index in [1.807, 2.05) is 0 Å². The Morgan fingerprint density at radius 1 is 1.12 bits per heavy atom. The average molecular weight is 513 g/mol. The van der Waals surface area contributed by atoms with Crippen LogP contribution in [-0.2, 0) is 14.8 Å². The van der Waals surface area contributed by atoms with Crippen molar-refractivity contribution in [2.75, 3.05) is 0 Å². The Morgan fingerprint density at radius 3 is 2.56 bits per heavy atom. The van der Waals surface area contributed by atoms with Crippen molar-refractivity contribution in [2.45, 2.75) is 73.9 Å². The molecule has 2 fully saturated rings. The molecule has 34 heavy (non-hydrogen) atoms. The van der Waals surface area contributed by atoms with Crippen molar-refractivity contribution in [2.24, 2.45) is 0 Å². The zero-order chi connectivity index (χ0) is 24.3. The predicted octanol–water partition coefficient (Wildman–Crippen LogP) is 3.21. The van der Waals surface area contributed by atoms with Gasteiger partial charge in [0.2, 0.25) is 10.0 Å². The van der Waals surface area contributed by atoms with Crippen molar-refractivity contribution in [3.63, 3.8) is 0 Å². The molecule has 1 aromatic heterocycles. The van der Waals surface area contributed by atoms with E-state index in [4.69, 9.17) is 16.3 Å². The van der Waals surface area contributed by atoms with Gasteiger partial charge in [0, 0.05) is 12.1 Å². The van der Waals surface area contributed by atoms with Gasteiger partial charge in [-0.25, -0.2) is 27.4 Å². The molecule has 9 nitrogen and oxygen atoms in total. The zero-order valence-electron chi connectivity index (χ0n) is 18.3. The van der Waals surface area contributed by atoms with Crippen LogP contribution >= 0.6 is 11.6 Å². The highest BCUT2D eigenvalue weighted by molar-refractivity contribution is 7.89. The molecule has 2 atom stereocenters. The summed E-state index contributed by atoms with van der Waals surface area (Å²) in [6.07, 6.45) is 4.85. The molecule has 0 saturated heterocycles. The Balaban J connectivity index is 1.22. The largest absolute Gasteiger partial charge is 0.446 e. The van der Waals surface area contributed by atoms with Crippen molar-refractivity contribution >= 4 is 27.7 Å². The van der Waals surface area contributed by atoms with E-state index in [-0.39, 0.29) is 34.0 Å². The molecule has 1 amide bonds. The van der Waals surface area contributed by atoms with E-state index in [0.29, 0.717) is 44.1 Å². The minimum Gasteiger partial charge on any atom is -0.446 e. The zero-order valence-corrected chi connectivity index (χ0v) is 19.9. The van der Waals surface area contributed by atoms with E-state index < -0.39 is 27.5 Å². The molecule has 184 valence electrons. The summed E-state index contributed by atoms with van der Waals surface area (Å²) in [5, 5.41) is 9.06. The number of alkyl carbamates (subject to hydrolysis) is 1. The van der Waals surface area contributed by atoms with E-state index in [9.17, 15) is 22.4 Å². The van der Waals surface area contributed by atoms with Gasteiger partial charge in [0.25, 0.3) is 5.56 Å². The molecule has 1 heterocycles. The van der Waals surface area contributed by atoms with Crippen LogP contribution < -0.4 is 15.6 Å². The maximum atomic E-state index is 13.9. The highest BCUT2D eigenvalue weighted by atomic mass is 35.5. The van der Waals surface area contributed by atoms with Gasteiger partial charge in [-0.2, -0.15) is 5.10 Å². The highest BCUT2D eigenvalue weighted by Gasteiger charge is 2.32. The number of carbonyl (C=O) groups is 1. The minimum absolute atomic E-state index is 0.00184. The summed E-state index contributed by atoms with van der Waals surface area (Å²) in [6, 6.07) is 4.78. The van der Waals surface area contributed by atoms with Gasteiger partial charge in [0.15, 0.2) is 0 Å². The number of rotatable bonds is 6. The van der Waals surface area contributed by atoms with Crippen molar-refractivity contribution in [3.05, 3.63) is 57.2 Å². The second-order valence-electron chi connectivity index (χ2n) is 8.75. The van der Waals surface area contributed by atoms with E-state index >= 15 is 0 Å². The summed E-state index contributed by atoms with van der Waals surface area (Å²) in [6.45, 7) is 0. The lowest BCUT2D eigenvalue weighted by molar-refractivity contribution is 0.0948. The quantitative estimate of drug-likeness (QED) is 0.545. The third-order valence-corrected chi connectivity index (χ3v) is 8.36. The molecule has 2 aliphatic rings. The predicted molar refractivity (Wildman–Crippen MR) is 123 cm³/mol. The third kappa shape index (κ3) is 5.76. The molecule has 1 unspecified atom stereocenters. The lowest BCUT2D eigenvalue weighted by atomic mass is 9.92. The molecule has 0 bridgehead atoms. The number of hydrogen-bond acceptors (Lipinski definition) is 6. The molecule has 2 aromatic rings. The van der Waals surface area contributed by atoms with Crippen molar-refractivity contribution in [1.82, 2.24) is 20.2 Å². The van der Waals surface area contributed by atoms with Gasteiger partial charge in [0.1, 0.15) is 21.8 Å². The molecule has 4 rings (SSSR count). The molecule has 12 heteroatoms. The Labute approximate surface area is 201 Å². The topological polar surface area (TPSA) is 130 Å². The number of amides is 1. The van der Waals surface area contributed by atoms with Gasteiger partial charge in [-0.1, -0.05) is 23.7 Å². The van der Waals surface area contributed by atoms with Gasteiger partial charge >= 0.3 is 6.09 Å². The van der Waals surface area contributed by atoms with Crippen molar-refractivity contribution in [1.29, 1.82) is 0 Å². The summed E-state index contributed by atoms with van der Waals surface area (Å²) < 4.78 is 46.9. The monoisotopic (exact) mass is 512 g/mol.